The molecule has 0 radical (unpaired) electrons. The van der Waals surface area contributed by atoms with E-state index in [2.05, 4.69) is 6.92 Å². The molecule has 0 aliphatic heterocycles. The molecule has 1 aromatic heterocycles. The largest absolute Gasteiger partial charge is 0.416 e. The van der Waals surface area contributed by atoms with Gasteiger partial charge in [0.25, 0.3) is 0 Å². The minimum Gasteiger partial charge on any atom is -0.345 e. The number of nitrogens with zero attached hydrogens (tertiary/aromatic N) is 2. The van der Waals surface area contributed by atoms with Crippen molar-refractivity contribution in [2.45, 2.75) is 83.6 Å². The summed E-state index contributed by atoms with van der Waals surface area (Å²) in [7, 11) is 0. The Balaban J connectivity index is 1.77. The van der Waals surface area contributed by atoms with Gasteiger partial charge in [-0.3, -0.25) is 4.79 Å². The van der Waals surface area contributed by atoms with Gasteiger partial charge in [0.05, 0.1) is 12.1 Å². The number of hydrogen-bond acceptors (Lipinski definition) is 1. The lowest BCUT2D eigenvalue weighted by Crippen LogP contribution is -2.41. The van der Waals surface area contributed by atoms with Crippen molar-refractivity contribution in [3.63, 3.8) is 0 Å². The highest BCUT2D eigenvalue weighted by Gasteiger charge is 2.30. The van der Waals surface area contributed by atoms with Gasteiger partial charge >= 0.3 is 6.18 Å². The summed E-state index contributed by atoms with van der Waals surface area (Å²) in [5.41, 5.74) is 0.930. The highest BCUT2D eigenvalue weighted by Crippen LogP contribution is 2.30. The number of benzene rings is 1. The molecule has 164 valence electrons. The van der Waals surface area contributed by atoms with Crippen LogP contribution in [0.1, 0.15) is 75.1 Å². The normalized spacial score (nSPS) is 15.3. The molecule has 3 nitrogen and oxygen atoms in total. The van der Waals surface area contributed by atoms with Crippen molar-refractivity contribution in [2.24, 2.45) is 0 Å². The van der Waals surface area contributed by atoms with Crippen molar-refractivity contribution in [3.8, 4) is 0 Å². The minimum absolute atomic E-state index is 0.190. The Kier molecular flexibility index (Phi) is 7.62. The third-order valence-electron chi connectivity index (χ3n) is 5.94. The lowest BCUT2D eigenvalue weighted by Gasteiger charge is -2.35. The molecule has 0 unspecified atom stereocenters. The minimum atomic E-state index is -4.35. The first kappa shape index (κ1) is 22.4. The topological polar surface area (TPSA) is 25.2 Å². The van der Waals surface area contributed by atoms with Gasteiger partial charge in [0, 0.05) is 30.9 Å². The average molecular weight is 421 g/mol. The zero-order valence-electron chi connectivity index (χ0n) is 17.6. The fourth-order valence-electron chi connectivity index (χ4n) is 4.25. The van der Waals surface area contributed by atoms with Crippen LogP contribution in [-0.4, -0.2) is 21.4 Å². The lowest BCUT2D eigenvalue weighted by molar-refractivity contribution is -0.137. The maximum atomic E-state index is 13.0. The molecule has 1 aliphatic carbocycles. The van der Waals surface area contributed by atoms with Crippen molar-refractivity contribution in [1.82, 2.24) is 9.47 Å². The molecule has 1 aliphatic rings. The monoisotopic (exact) mass is 420 g/mol. The number of aromatic nitrogens is 1. The van der Waals surface area contributed by atoms with Gasteiger partial charge < -0.3 is 9.47 Å². The maximum absolute atomic E-state index is 13.0. The van der Waals surface area contributed by atoms with Crippen molar-refractivity contribution < 1.29 is 18.0 Å². The fourth-order valence-corrected chi connectivity index (χ4v) is 4.25. The fraction of sp³-hybridized carbons (Fsp3) is 0.542. The van der Waals surface area contributed by atoms with Crippen molar-refractivity contribution in [2.75, 3.05) is 0 Å². The molecule has 1 heterocycles. The predicted octanol–water partition coefficient (Wildman–Crippen LogP) is 6.41. The quantitative estimate of drug-likeness (QED) is 0.485. The molecular formula is C24H31F3N2O. The van der Waals surface area contributed by atoms with Crippen LogP contribution in [0.25, 0.3) is 0 Å². The zero-order valence-corrected chi connectivity index (χ0v) is 17.6. The molecule has 0 saturated heterocycles. The van der Waals surface area contributed by atoms with Crippen molar-refractivity contribution in [1.29, 1.82) is 0 Å². The molecule has 6 heteroatoms. The molecule has 0 bridgehead atoms. The van der Waals surface area contributed by atoms with Gasteiger partial charge in [0.1, 0.15) is 0 Å². The van der Waals surface area contributed by atoms with E-state index in [1.54, 1.807) is 6.07 Å². The van der Waals surface area contributed by atoms with E-state index in [-0.39, 0.29) is 11.9 Å². The van der Waals surface area contributed by atoms with Crippen LogP contribution in [0, 0.1) is 0 Å². The van der Waals surface area contributed by atoms with Gasteiger partial charge in [-0.15, -0.1) is 0 Å². The number of carbonyl (C=O) groups excluding carboxylic acids is 1. The van der Waals surface area contributed by atoms with Crippen LogP contribution < -0.4 is 0 Å². The Labute approximate surface area is 176 Å². The number of carbonyl (C=O) groups is 1. The van der Waals surface area contributed by atoms with E-state index in [0.29, 0.717) is 25.1 Å². The highest BCUT2D eigenvalue weighted by atomic mass is 19.4. The van der Waals surface area contributed by atoms with E-state index in [9.17, 15) is 18.0 Å². The van der Waals surface area contributed by atoms with Crippen LogP contribution in [0.3, 0.4) is 0 Å². The molecule has 1 amide bonds. The van der Waals surface area contributed by atoms with E-state index >= 15 is 0 Å². The number of amides is 1. The van der Waals surface area contributed by atoms with E-state index in [1.807, 2.05) is 27.8 Å². The first-order valence-electron chi connectivity index (χ1n) is 11.0. The Morgan fingerprint density at radius 3 is 2.60 bits per heavy atom. The van der Waals surface area contributed by atoms with Crippen LogP contribution in [-0.2, 0) is 24.1 Å². The molecule has 0 spiro atoms. The third-order valence-corrected chi connectivity index (χ3v) is 5.94. The second-order valence-electron chi connectivity index (χ2n) is 8.24. The molecule has 1 aromatic carbocycles. The first-order chi connectivity index (χ1) is 14.4. The summed E-state index contributed by atoms with van der Waals surface area (Å²) in [6, 6.07) is 9.59. The second-order valence-corrected chi connectivity index (χ2v) is 8.24. The number of halogens is 3. The molecule has 3 rings (SSSR count). The Morgan fingerprint density at radius 1 is 1.13 bits per heavy atom. The molecule has 1 fully saturated rings. The van der Waals surface area contributed by atoms with E-state index in [1.165, 1.54) is 18.6 Å². The van der Waals surface area contributed by atoms with Gasteiger partial charge in [-0.1, -0.05) is 44.7 Å². The van der Waals surface area contributed by atoms with Gasteiger partial charge in [-0.2, -0.15) is 13.2 Å². The Bertz CT molecular complexity index is 822. The number of alkyl halides is 3. The van der Waals surface area contributed by atoms with Crippen LogP contribution in [0.2, 0.25) is 0 Å². The number of hydrogen-bond donors (Lipinski definition) is 0. The van der Waals surface area contributed by atoms with Gasteiger partial charge in [-0.05, 0) is 49.1 Å². The molecule has 0 N–H and O–H groups in total. The maximum Gasteiger partial charge on any atom is 0.416 e. The Hall–Kier alpha value is -2.24. The third kappa shape index (κ3) is 5.89. The summed E-state index contributed by atoms with van der Waals surface area (Å²) in [5.74, 6) is 0.190. The molecule has 1 saturated carbocycles. The smallest absolute Gasteiger partial charge is 0.345 e. The molecule has 0 atom stereocenters. The first-order valence-corrected chi connectivity index (χ1v) is 11.0. The summed E-state index contributed by atoms with van der Waals surface area (Å²) in [4.78, 5) is 15.0. The lowest BCUT2D eigenvalue weighted by atomic mass is 9.93. The van der Waals surface area contributed by atoms with Crippen LogP contribution in [0.4, 0.5) is 13.2 Å². The van der Waals surface area contributed by atoms with E-state index in [4.69, 9.17) is 0 Å². The Morgan fingerprint density at radius 2 is 1.90 bits per heavy atom. The van der Waals surface area contributed by atoms with E-state index < -0.39 is 11.7 Å². The summed E-state index contributed by atoms with van der Waals surface area (Å²) in [6.07, 6.45) is 5.54. The predicted molar refractivity (Wildman–Crippen MR) is 112 cm³/mol. The SMILES string of the molecule is CCCCC(=O)N(Cc1cccn1Cc1cccc(C(F)(F)F)c1)C1CCCCC1. The second kappa shape index (κ2) is 10.2. The summed E-state index contributed by atoms with van der Waals surface area (Å²) >= 11 is 0. The molecular weight excluding hydrogens is 389 g/mol. The van der Waals surface area contributed by atoms with Crippen LogP contribution in [0.5, 0.6) is 0 Å². The number of unbranched alkanes of at least 4 members (excludes halogenated alkanes) is 1. The van der Waals surface area contributed by atoms with Crippen LogP contribution in [0.15, 0.2) is 42.6 Å². The summed E-state index contributed by atoms with van der Waals surface area (Å²) in [6.45, 7) is 2.95. The van der Waals surface area contributed by atoms with Gasteiger partial charge in [0.2, 0.25) is 5.91 Å². The van der Waals surface area contributed by atoms with E-state index in [0.717, 1.165) is 50.3 Å². The van der Waals surface area contributed by atoms with Crippen LogP contribution >= 0.6 is 0 Å². The average Bonchev–Trinajstić information content (AvgIpc) is 3.17. The summed E-state index contributed by atoms with van der Waals surface area (Å²) in [5, 5.41) is 0. The standard InChI is InChI=1S/C24H31F3N2O/c1-2-3-14-23(30)29(21-11-5-4-6-12-21)18-22-13-8-15-28(22)17-19-9-7-10-20(16-19)24(25,26)27/h7-10,13,15-16,21H,2-6,11-12,14,17-18H2,1H3. The highest BCUT2D eigenvalue weighted by molar-refractivity contribution is 5.76. The number of rotatable bonds is 8. The zero-order chi connectivity index (χ0) is 21.6. The van der Waals surface area contributed by atoms with Gasteiger partial charge in [-0.25, -0.2) is 0 Å². The van der Waals surface area contributed by atoms with Gasteiger partial charge in [0.15, 0.2) is 0 Å². The molecule has 30 heavy (non-hydrogen) atoms. The van der Waals surface area contributed by atoms with Crippen molar-refractivity contribution >= 4 is 5.91 Å². The van der Waals surface area contributed by atoms with Crippen molar-refractivity contribution in [3.05, 3.63) is 59.4 Å². The molecule has 2 aromatic rings. The summed E-state index contributed by atoms with van der Waals surface area (Å²) < 4.78 is 41.1.